The van der Waals surface area contributed by atoms with Crippen molar-refractivity contribution in [1.29, 1.82) is 0 Å². The Morgan fingerprint density at radius 1 is 0.933 bits per heavy atom. The molecule has 0 saturated carbocycles. The molecular formula is C27H35NO2. The van der Waals surface area contributed by atoms with E-state index in [0.717, 1.165) is 47.2 Å². The molecule has 3 aromatic rings. The number of nitrogens with zero attached hydrogens (tertiary/aromatic N) is 1. The van der Waals surface area contributed by atoms with Crippen LogP contribution < -0.4 is 0 Å². The summed E-state index contributed by atoms with van der Waals surface area (Å²) in [5, 5.41) is 1.04. The van der Waals surface area contributed by atoms with Gasteiger partial charge < -0.3 is 9.30 Å². The average Bonchev–Trinajstić information content (AvgIpc) is 3.07. The van der Waals surface area contributed by atoms with Gasteiger partial charge in [-0.3, -0.25) is 4.79 Å². The van der Waals surface area contributed by atoms with Crippen molar-refractivity contribution < 1.29 is 9.53 Å². The van der Waals surface area contributed by atoms with Crippen LogP contribution in [0.4, 0.5) is 0 Å². The molecule has 1 aromatic heterocycles. The molecule has 0 spiro atoms. The molecular weight excluding hydrogens is 370 g/mol. The molecule has 0 aliphatic heterocycles. The van der Waals surface area contributed by atoms with E-state index in [4.69, 9.17) is 4.74 Å². The zero-order valence-electron chi connectivity index (χ0n) is 18.7. The van der Waals surface area contributed by atoms with Gasteiger partial charge in [-0.25, -0.2) is 0 Å². The zero-order chi connectivity index (χ0) is 21.3. The van der Waals surface area contributed by atoms with Gasteiger partial charge in [-0.05, 0) is 25.8 Å². The zero-order valence-corrected chi connectivity index (χ0v) is 18.7. The van der Waals surface area contributed by atoms with Gasteiger partial charge in [0.25, 0.3) is 0 Å². The smallest absolute Gasteiger partial charge is 0.195 e. The predicted octanol–water partition coefficient (Wildman–Crippen LogP) is 7.12. The number of ether oxygens (including phenoxy) is 1. The number of hydrogen-bond donors (Lipinski definition) is 0. The molecule has 0 fully saturated rings. The fourth-order valence-corrected chi connectivity index (χ4v) is 4.34. The van der Waals surface area contributed by atoms with E-state index >= 15 is 0 Å². The summed E-state index contributed by atoms with van der Waals surface area (Å²) in [4.78, 5) is 13.4. The van der Waals surface area contributed by atoms with Crippen LogP contribution in [0.2, 0.25) is 0 Å². The van der Waals surface area contributed by atoms with E-state index in [2.05, 4.69) is 43.5 Å². The number of hydrogen-bond acceptors (Lipinski definition) is 2. The summed E-state index contributed by atoms with van der Waals surface area (Å²) >= 11 is 0. The molecule has 3 nitrogen and oxygen atoms in total. The second-order valence-electron chi connectivity index (χ2n) is 8.12. The molecule has 1 atom stereocenters. The van der Waals surface area contributed by atoms with E-state index in [1.54, 1.807) is 0 Å². The first-order valence-corrected chi connectivity index (χ1v) is 11.5. The largest absolute Gasteiger partial charge is 0.379 e. The SMILES string of the molecule is CCCCCCC(COCCC)n1c(C)c(C(=O)c2ccccc2)c2ccccc21. The summed E-state index contributed by atoms with van der Waals surface area (Å²) in [6.45, 7) is 7.95. The van der Waals surface area contributed by atoms with Gasteiger partial charge in [0.05, 0.1) is 18.2 Å². The molecule has 0 amide bonds. The van der Waals surface area contributed by atoms with Gasteiger partial charge >= 0.3 is 0 Å². The van der Waals surface area contributed by atoms with Gasteiger partial charge in [-0.15, -0.1) is 0 Å². The van der Waals surface area contributed by atoms with Crippen LogP contribution in [0.5, 0.6) is 0 Å². The maximum absolute atomic E-state index is 13.4. The Labute approximate surface area is 181 Å². The highest BCUT2D eigenvalue weighted by molar-refractivity contribution is 6.17. The maximum atomic E-state index is 13.4. The van der Waals surface area contributed by atoms with Gasteiger partial charge in [0, 0.05) is 28.8 Å². The van der Waals surface area contributed by atoms with Crippen molar-refractivity contribution in [2.24, 2.45) is 0 Å². The van der Waals surface area contributed by atoms with E-state index in [1.807, 2.05) is 36.4 Å². The molecule has 0 aliphatic carbocycles. The van der Waals surface area contributed by atoms with Crippen molar-refractivity contribution >= 4 is 16.7 Å². The van der Waals surface area contributed by atoms with Gasteiger partial charge in [0.2, 0.25) is 0 Å². The van der Waals surface area contributed by atoms with Crippen LogP contribution in [-0.2, 0) is 4.74 Å². The lowest BCUT2D eigenvalue weighted by atomic mass is 10.0. The third-order valence-electron chi connectivity index (χ3n) is 5.83. The second-order valence-corrected chi connectivity index (χ2v) is 8.12. The topological polar surface area (TPSA) is 31.2 Å². The highest BCUT2D eigenvalue weighted by Crippen LogP contribution is 2.33. The molecule has 1 unspecified atom stereocenters. The summed E-state index contributed by atoms with van der Waals surface area (Å²) in [6, 6.07) is 18.2. The summed E-state index contributed by atoms with van der Waals surface area (Å²) in [5.74, 6) is 0.0993. The van der Waals surface area contributed by atoms with Crippen LogP contribution in [0.15, 0.2) is 54.6 Å². The van der Waals surface area contributed by atoms with Crippen LogP contribution in [0.25, 0.3) is 10.9 Å². The lowest BCUT2D eigenvalue weighted by Gasteiger charge is -2.22. The van der Waals surface area contributed by atoms with Crippen LogP contribution in [0, 0.1) is 6.92 Å². The van der Waals surface area contributed by atoms with Crippen molar-refractivity contribution in [2.75, 3.05) is 13.2 Å². The Balaban J connectivity index is 2.02. The number of unbranched alkanes of at least 4 members (excludes halogenated alkanes) is 3. The van der Waals surface area contributed by atoms with Gasteiger partial charge in [-0.2, -0.15) is 0 Å². The Hall–Kier alpha value is -2.39. The molecule has 0 N–H and O–H groups in total. The highest BCUT2D eigenvalue weighted by atomic mass is 16.5. The van der Waals surface area contributed by atoms with Crippen molar-refractivity contribution in [2.45, 2.75) is 65.3 Å². The average molecular weight is 406 g/mol. The van der Waals surface area contributed by atoms with Crippen molar-refractivity contribution in [3.63, 3.8) is 0 Å². The Kier molecular flexibility index (Phi) is 8.27. The first-order chi connectivity index (χ1) is 14.7. The minimum atomic E-state index is 0.0993. The van der Waals surface area contributed by atoms with Gasteiger partial charge in [-0.1, -0.05) is 88.1 Å². The van der Waals surface area contributed by atoms with Crippen molar-refractivity contribution in [1.82, 2.24) is 4.57 Å². The number of carbonyl (C=O) groups is 1. The van der Waals surface area contributed by atoms with Gasteiger partial charge in [0.15, 0.2) is 5.78 Å². The molecule has 0 radical (unpaired) electrons. The minimum Gasteiger partial charge on any atom is -0.379 e. The quantitative estimate of drug-likeness (QED) is 0.237. The standard InChI is InChI=1S/C27H35NO2/c1-4-6-7-11-16-23(20-30-19-5-2)28-21(3)26(24-17-12-13-18-25(24)28)27(29)22-14-9-8-10-15-22/h8-10,12-15,17-18,23H,4-7,11,16,19-20H2,1-3H3. The normalized spacial score (nSPS) is 12.4. The monoisotopic (exact) mass is 405 g/mol. The summed E-state index contributed by atoms with van der Waals surface area (Å²) < 4.78 is 8.38. The minimum absolute atomic E-state index is 0.0993. The molecule has 3 heteroatoms. The first-order valence-electron chi connectivity index (χ1n) is 11.5. The molecule has 0 saturated heterocycles. The number of benzene rings is 2. The number of para-hydroxylation sites is 1. The van der Waals surface area contributed by atoms with Crippen LogP contribution in [-0.4, -0.2) is 23.6 Å². The number of ketones is 1. The number of fused-ring (bicyclic) bond motifs is 1. The number of rotatable bonds is 12. The molecule has 160 valence electrons. The summed E-state index contributed by atoms with van der Waals surface area (Å²) in [7, 11) is 0. The summed E-state index contributed by atoms with van der Waals surface area (Å²) in [5.41, 5.74) is 3.75. The molecule has 2 aromatic carbocycles. The molecule has 1 heterocycles. The highest BCUT2D eigenvalue weighted by Gasteiger charge is 2.24. The molecule has 0 bridgehead atoms. The Morgan fingerprint density at radius 2 is 1.67 bits per heavy atom. The maximum Gasteiger partial charge on any atom is 0.195 e. The molecule has 0 aliphatic rings. The van der Waals surface area contributed by atoms with Crippen molar-refractivity contribution in [3.8, 4) is 0 Å². The van der Waals surface area contributed by atoms with Crippen LogP contribution in [0.1, 0.15) is 80.0 Å². The number of aromatic nitrogens is 1. The second kappa shape index (κ2) is 11.1. The van der Waals surface area contributed by atoms with E-state index in [9.17, 15) is 4.79 Å². The fourth-order valence-electron chi connectivity index (χ4n) is 4.34. The first kappa shape index (κ1) is 22.3. The van der Waals surface area contributed by atoms with Gasteiger partial charge in [0.1, 0.15) is 0 Å². The third-order valence-corrected chi connectivity index (χ3v) is 5.83. The van der Waals surface area contributed by atoms with E-state index in [1.165, 1.54) is 25.7 Å². The molecule has 30 heavy (non-hydrogen) atoms. The fraction of sp³-hybridized carbons (Fsp3) is 0.444. The van der Waals surface area contributed by atoms with E-state index < -0.39 is 0 Å². The Bertz CT molecular complexity index is 942. The van der Waals surface area contributed by atoms with Crippen molar-refractivity contribution in [3.05, 3.63) is 71.4 Å². The Morgan fingerprint density at radius 3 is 2.40 bits per heavy atom. The lowest BCUT2D eigenvalue weighted by molar-refractivity contribution is 0.0988. The van der Waals surface area contributed by atoms with Crippen LogP contribution in [0.3, 0.4) is 0 Å². The third kappa shape index (κ3) is 5.02. The van der Waals surface area contributed by atoms with E-state index in [-0.39, 0.29) is 11.8 Å². The lowest BCUT2D eigenvalue weighted by Crippen LogP contribution is -2.18. The summed E-state index contributed by atoms with van der Waals surface area (Å²) in [6.07, 6.45) is 7.02. The predicted molar refractivity (Wildman–Crippen MR) is 125 cm³/mol. The van der Waals surface area contributed by atoms with E-state index in [0.29, 0.717) is 6.61 Å². The molecule has 3 rings (SSSR count). The number of carbonyl (C=O) groups excluding carboxylic acids is 1. The van der Waals surface area contributed by atoms with Crippen LogP contribution >= 0.6 is 0 Å².